The highest BCUT2D eigenvalue weighted by atomic mass is 16.5. The van der Waals surface area contributed by atoms with E-state index in [1.54, 1.807) is 6.07 Å². The van der Waals surface area contributed by atoms with E-state index in [4.69, 9.17) is 9.63 Å². The number of carboxylic acid groups (broad SMARTS) is 1. The second kappa shape index (κ2) is 6.38. The van der Waals surface area contributed by atoms with Gasteiger partial charge >= 0.3 is 6.09 Å². The molecule has 20 heavy (non-hydrogen) atoms. The molecule has 1 aliphatic rings. The Hall–Kier alpha value is -2.09. The SMILES string of the molecule is CNC(=O)c1cc(CN2CCC(CNC(=O)O)C2)on1. The van der Waals surface area contributed by atoms with Crippen molar-refractivity contribution in [1.82, 2.24) is 20.7 Å². The fourth-order valence-electron chi connectivity index (χ4n) is 2.30. The van der Waals surface area contributed by atoms with E-state index in [9.17, 15) is 9.59 Å². The van der Waals surface area contributed by atoms with E-state index in [1.165, 1.54) is 7.05 Å². The summed E-state index contributed by atoms with van der Waals surface area (Å²) < 4.78 is 5.12. The van der Waals surface area contributed by atoms with Crippen molar-refractivity contribution in [3.63, 3.8) is 0 Å². The van der Waals surface area contributed by atoms with Crippen LogP contribution >= 0.6 is 0 Å². The summed E-state index contributed by atoms with van der Waals surface area (Å²) in [5.41, 5.74) is 0.269. The summed E-state index contributed by atoms with van der Waals surface area (Å²) in [6.45, 7) is 2.72. The number of nitrogens with zero attached hydrogens (tertiary/aromatic N) is 2. The maximum atomic E-state index is 11.4. The number of carbonyl (C=O) groups is 2. The van der Waals surface area contributed by atoms with Crippen molar-refractivity contribution >= 4 is 12.0 Å². The van der Waals surface area contributed by atoms with Crippen LogP contribution in [-0.4, -0.2) is 53.8 Å². The van der Waals surface area contributed by atoms with Crippen LogP contribution in [0.4, 0.5) is 4.79 Å². The monoisotopic (exact) mass is 282 g/mol. The number of carbonyl (C=O) groups excluding carboxylic acids is 1. The Morgan fingerprint density at radius 3 is 3.10 bits per heavy atom. The molecule has 1 aromatic rings. The first-order valence-electron chi connectivity index (χ1n) is 6.45. The maximum absolute atomic E-state index is 11.4. The van der Waals surface area contributed by atoms with Crippen LogP contribution in [0.5, 0.6) is 0 Å². The van der Waals surface area contributed by atoms with E-state index >= 15 is 0 Å². The molecular formula is C12H18N4O4. The van der Waals surface area contributed by atoms with Gasteiger partial charge in [-0.15, -0.1) is 0 Å². The lowest BCUT2D eigenvalue weighted by Gasteiger charge is -2.13. The van der Waals surface area contributed by atoms with Crippen LogP contribution in [0.2, 0.25) is 0 Å². The van der Waals surface area contributed by atoms with Crippen molar-refractivity contribution in [1.29, 1.82) is 0 Å². The van der Waals surface area contributed by atoms with Gasteiger partial charge in [0.25, 0.3) is 5.91 Å². The molecule has 1 fully saturated rings. The number of aromatic nitrogens is 1. The molecule has 1 aliphatic heterocycles. The van der Waals surface area contributed by atoms with Crippen molar-refractivity contribution < 1.29 is 19.2 Å². The summed E-state index contributed by atoms with van der Waals surface area (Å²) in [7, 11) is 1.54. The minimum absolute atomic E-state index is 0.269. The first-order chi connectivity index (χ1) is 9.58. The van der Waals surface area contributed by atoms with Gasteiger partial charge in [0.2, 0.25) is 0 Å². The van der Waals surface area contributed by atoms with Gasteiger partial charge < -0.3 is 20.3 Å². The highest BCUT2D eigenvalue weighted by Crippen LogP contribution is 2.18. The molecule has 0 spiro atoms. The Balaban J connectivity index is 1.81. The molecule has 0 aliphatic carbocycles. The molecule has 2 amide bonds. The van der Waals surface area contributed by atoms with Gasteiger partial charge in [-0.05, 0) is 18.9 Å². The zero-order valence-corrected chi connectivity index (χ0v) is 11.3. The molecule has 0 radical (unpaired) electrons. The summed E-state index contributed by atoms with van der Waals surface area (Å²) in [6.07, 6.45) is -0.0506. The van der Waals surface area contributed by atoms with Gasteiger partial charge in [0, 0.05) is 26.2 Å². The average molecular weight is 282 g/mol. The minimum Gasteiger partial charge on any atom is -0.465 e. The molecule has 1 atom stereocenters. The molecule has 1 saturated heterocycles. The first kappa shape index (κ1) is 14.3. The number of hydrogen-bond acceptors (Lipinski definition) is 5. The fraction of sp³-hybridized carbons (Fsp3) is 0.583. The van der Waals surface area contributed by atoms with Crippen molar-refractivity contribution in [2.75, 3.05) is 26.7 Å². The normalized spacial score (nSPS) is 18.9. The lowest BCUT2D eigenvalue weighted by atomic mass is 10.1. The molecule has 110 valence electrons. The Kier molecular flexibility index (Phi) is 4.57. The molecule has 2 heterocycles. The van der Waals surface area contributed by atoms with E-state index < -0.39 is 6.09 Å². The fourth-order valence-corrected chi connectivity index (χ4v) is 2.30. The summed E-state index contributed by atoms with van der Waals surface area (Å²) in [5, 5.41) is 17.2. The molecule has 3 N–H and O–H groups in total. The van der Waals surface area contributed by atoms with Crippen LogP contribution in [0, 0.1) is 5.92 Å². The number of likely N-dealkylation sites (tertiary alicyclic amines) is 1. The van der Waals surface area contributed by atoms with Crippen molar-refractivity contribution in [2.45, 2.75) is 13.0 Å². The second-order valence-electron chi connectivity index (χ2n) is 4.83. The Bertz CT molecular complexity index is 488. The van der Waals surface area contributed by atoms with Crippen LogP contribution in [-0.2, 0) is 6.54 Å². The van der Waals surface area contributed by atoms with Crippen LogP contribution in [0.25, 0.3) is 0 Å². The molecule has 0 saturated carbocycles. The van der Waals surface area contributed by atoms with Crippen molar-refractivity contribution in [3.8, 4) is 0 Å². The number of amides is 2. The molecule has 8 heteroatoms. The second-order valence-corrected chi connectivity index (χ2v) is 4.83. The zero-order chi connectivity index (χ0) is 14.5. The molecular weight excluding hydrogens is 264 g/mol. The highest BCUT2D eigenvalue weighted by Gasteiger charge is 2.24. The first-order valence-corrected chi connectivity index (χ1v) is 6.45. The third-order valence-corrected chi connectivity index (χ3v) is 3.31. The molecule has 1 unspecified atom stereocenters. The topological polar surface area (TPSA) is 108 Å². The van der Waals surface area contributed by atoms with Crippen LogP contribution < -0.4 is 10.6 Å². The van der Waals surface area contributed by atoms with E-state index in [-0.39, 0.29) is 11.6 Å². The largest absolute Gasteiger partial charge is 0.465 e. The summed E-state index contributed by atoms with van der Waals surface area (Å²) in [6, 6.07) is 1.63. The number of rotatable bonds is 5. The van der Waals surface area contributed by atoms with Crippen molar-refractivity contribution in [2.24, 2.45) is 5.92 Å². The minimum atomic E-state index is -0.992. The Morgan fingerprint density at radius 2 is 2.40 bits per heavy atom. The summed E-state index contributed by atoms with van der Waals surface area (Å²) in [5.74, 6) is 0.674. The van der Waals surface area contributed by atoms with E-state index in [0.717, 1.165) is 19.5 Å². The van der Waals surface area contributed by atoms with Crippen LogP contribution in [0.3, 0.4) is 0 Å². The summed E-state index contributed by atoms with van der Waals surface area (Å²) >= 11 is 0. The predicted molar refractivity (Wildman–Crippen MR) is 69.3 cm³/mol. The predicted octanol–water partition coefficient (Wildman–Crippen LogP) is 0.124. The van der Waals surface area contributed by atoms with E-state index in [2.05, 4.69) is 20.7 Å². The van der Waals surface area contributed by atoms with Gasteiger partial charge in [-0.1, -0.05) is 5.16 Å². The van der Waals surface area contributed by atoms with Gasteiger partial charge in [0.1, 0.15) is 0 Å². The van der Waals surface area contributed by atoms with E-state index in [0.29, 0.717) is 24.8 Å². The van der Waals surface area contributed by atoms with Gasteiger partial charge in [0.15, 0.2) is 11.5 Å². The number of nitrogens with one attached hydrogen (secondary N) is 2. The average Bonchev–Trinajstić information content (AvgIpc) is 3.05. The highest BCUT2D eigenvalue weighted by molar-refractivity contribution is 5.91. The standard InChI is InChI=1S/C12H18N4O4/c1-13-11(17)10-4-9(20-15-10)7-16-3-2-8(6-16)5-14-12(18)19/h4,8,14H,2-3,5-7H2,1H3,(H,13,17)(H,18,19). The molecule has 1 aromatic heterocycles. The van der Waals surface area contributed by atoms with Gasteiger partial charge in [0.05, 0.1) is 6.54 Å². The lowest BCUT2D eigenvalue weighted by Crippen LogP contribution is -2.29. The lowest BCUT2D eigenvalue weighted by molar-refractivity contribution is 0.0954. The smallest absolute Gasteiger partial charge is 0.404 e. The third-order valence-electron chi connectivity index (χ3n) is 3.31. The summed E-state index contributed by atoms with van der Waals surface area (Å²) in [4.78, 5) is 23.9. The van der Waals surface area contributed by atoms with E-state index in [1.807, 2.05) is 0 Å². The van der Waals surface area contributed by atoms with Gasteiger partial charge in [-0.3, -0.25) is 9.69 Å². The zero-order valence-electron chi connectivity index (χ0n) is 11.3. The molecule has 0 bridgehead atoms. The molecule has 8 nitrogen and oxygen atoms in total. The van der Waals surface area contributed by atoms with Crippen molar-refractivity contribution in [3.05, 3.63) is 17.5 Å². The molecule has 2 rings (SSSR count). The third kappa shape index (κ3) is 3.70. The van der Waals surface area contributed by atoms with Gasteiger partial charge in [-0.25, -0.2) is 4.79 Å². The Labute approximate surface area is 116 Å². The number of hydrogen-bond donors (Lipinski definition) is 3. The maximum Gasteiger partial charge on any atom is 0.404 e. The Morgan fingerprint density at radius 1 is 1.60 bits per heavy atom. The van der Waals surface area contributed by atoms with Gasteiger partial charge in [-0.2, -0.15) is 0 Å². The quantitative estimate of drug-likeness (QED) is 0.708. The van der Waals surface area contributed by atoms with Crippen LogP contribution in [0.1, 0.15) is 22.7 Å². The molecule has 0 aromatic carbocycles. The van der Waals surface area contributed by atoms with Crippen LogP contribution in [0.15, 0.2) is 10.6 Å².